The van der Waals surface area contributed by atoms with Crippen molar-refractivity contribution in [3.05, 3.63) is 34.4 Å². The first-order valence-corrected chi connectivity index (χ1v) is 7.48. The van der Waals surface area contributed by atoms with Gasteiger partial charge < -0.3 is 10.1 Å². The van der Waals surface area contributed by atoms with E-state index in [1.165, 1.54) is 0 Å². The zero-order valence-corrected chi connectivity index (χ0v) is 12.5. The maximum absolute atomic E-state index is 12.9. The highest BCUT2D eigenvalue weighted by molar-refractivity contribution is 6.00. The number of fused-ring (bicyclic) bond motifs is 2. The lowest BCUT2D eigenvalue weighted by Gasteiger charge is -2.39. The summed E-state index contributed by atoms with van der Waals surface area (Å²) in [6.07, 6.45) is 1.68. The Kier molecular flexibility index (Phi) is 3.79. The number of morpholine rings is 1. The van der Waals surface area contributed by atoms with Crippen LogP contribution in [0.5, 0.6) is 0 Å². The van der Waals surface area contributed by atoms with Crippen LogP contribution in [0.2, 0.25) is 0 Å². The van der Waals surface area contributed by atoms with Crippen molar-refractivity contribution in [3.63, 3.8) is 0 Å². The van der Waals surface area contributed by atoms with Crippen LogP contribution in [0, 0.1) is 31.1 Å². The smallest absolute Gasteiger partial charge is 0.166 e. The summed E-state index contributed by atoms with van der Waals surface area (Å²) in [6.45, 7) is 5.25. The predicted octanol–water partition coefficient (Wildman–Crippen LogP) is 2.12. The molecule has 2 heterocycles. The van der Waals surface area contributed by atoms with Gasteiger partial charge in [0.15, 0.2) is 5.78 Å². The van der Waals surface area contributed by atoms with Crippen LogP contribution in [0.4, 0.5) is 0 Å². The van der Waals surface area contributed by atoms with Crippen molar-refractivity contribution in [2.75, 3.05) is 13.2 Å². The lowest BCUT2D eigenvalue weighted by atomic mass is 9.80. The summed E-state index contributed by atoms with van der Waals surface area (Å²) in [5.74, 6) is 0.295. The monoisotopic (exact) mass is 284 g/mol. The number of nitriles is 1. The second-order valence-corrected chi connectivity index (χ2v) is 6.23. The molecule has 0 aliphatic carbocycles. The van der Waals surface area contributed by atoms with Gasteiger partial charge in [0.25, 0.3) is 0 Å². The Morgan fingerprint density at radius 3 is 2.33 bits per heavy atom. The van der Waals surface area contributed by atoms with Crippen molar-refractivity contribution in [2.45, 2.75) is 38.8 Å². The number of nitrogens with zero attached hydrogens (tertiary/aromatic N) is 1. The van der Waals surface area contributed by atoms with Crippen molar-refractivity contribution in [1.82, 2.24) is 5.32 Å². The van der Waals surface area contributed by atoms with Gasteiger partial charge in [0.2, 0.25) is 0 Å². The molecule has 0 spiro atoms. The average molecular weight is 284 g/mol. The van der Waals surface area contributed by atoms with Crippen LogP contribution in [0.3, 0.4) is 0 Å². The minimum Gasteiger partial charge on any atom is -0.378 e. The van der Waals surface area contributed by atoms with Crippen LogP contribution in [0.25, 0.3) is 0 Å². The van der Waals surface area contributed by atoms with E-state index in [4.69, 9.17) is 10.00 Å². The van der Waals surface area contributed by atoms with Gasteiger partial charge in [-0.25, -0.2) is 0 Å². The standard InChI is InChI=1S/C17H20N2O2/c1-10-3-12(7-18)4-11(2)16(10)17(20)13-5-14-8-21-9-15(6-13)19-14/h3-4,13-15,19H,5-6,8-9H2,1-2H3. The molecule has 1 N–H and O–H groups in total. The first-order chi connectivity index (χ1) is 10.1. The number of rotatable bonds is 2. The Morgan fingerprint density at radius 1 is 1.24 bits per heavy atom. The SMILES string of the molecule is Cc1cc(C#N)cc(C)c1C(=O)C1CC2COCC(C1)N2. The highest BCUT2D eigenvalue weighted by atomic mass is 16.5. The molecular formula is C17H20N2O2. The van der Waals surface area contributed by atoms with Crippen molar-refractivity contribution in [1.29, 1.82) is 5.26 Å². The fraction of sp³-hybridized carbons (Fsp3) is 0.529. The van der Waals surface area contributed by atoms with Gasteiger partial charge >= 0.3 is 0 Å². The number of hydrogen-bond acceptors (Lipinski definition) is 4. The molecule has 2 aliphatic rings. The number of hydrogen-bond donors (Lipinski definition) is 1. The molecule has 110 valence electrons. The summed E-state index contributed by atoms with van der Waals surface area (Å²) in [5, 5.41) is 12.5. The molecule has 0 aromatic heterocycles. The minimum absolute atomic E-state index is 0.0653. The number of carbonyl (C=O) groups excluding carboxylic acids is 1. The second kappa shape index (κ2) is 5.59. The molecule has 0 radical (unpaired) electrons. The zero-order valence-electron chi connectivity index (χ0n) is 12.5. The molecular weight excluding hydrogens is 264 g/mol. The van der Waals surface area contributed by atoms with Gasteiger partial charge in [-0.05, 0) is 49.9 Å². The van der Waals surface area contributed by atoms with E-state index in [1.807, 2.05) is 26.0 Å². The number of Topliss-reactive ketones (excluding diaryl/α,β-unsaturated/α-hetero) is 1. The molecule has 1 aromatic carbocycles. The van der Waals surface area contributed by atoms with Crippen LogP contribution < -0.4 is 5.32 Å². The normalized spacial score (nSPS) is 28.0. The van der Waals surface area contributed by atoms with Crippen molar-refractivity contribution >= 4 is 5.78 Å². The predicted molar refractivity (Wildman–Crippen MR) is 79.2 cm³/mol. The molecule has 2 atom stereocenters. The Bertz CT molecular complexity index is 583. The highest BCUT2D eigenvalue weighted by Crippen LogP contribution is 2.29. The number of ether oxygens (including phenoxy) is 1. The quantitative estimate of drug-likeness (QED) is 0.845. The molecule has 21 heavy (non-hydrogen) atoms. The van der Waals surface area contributed by atoms with E-state index in [2.05, 4.69) is 11.4 Å². The van der Waals surface area contributed by atoms with Gasteiger partial charge in [-0.2, -0.15) is 5.26 Å². The molecule has 1 aromatic rings. The van der Waals surface area contributed by atoms with Gasteiger partial charge in [0.05, 0.1) is 24.8 Å². The van der Waals surface area contributed by atoms with Crippen LogP contribution >= 0.6 is 0 Å². The average Bonchev–Trinajstić information content (AvgIpc) is 2.45. The maximum Gasteiger partial charge on any atom is 0.166 e. The summed E-state index contributed by atoms with van der Waals surface area (Å²) in [7, 11) is 0. The van der Waals surface area contributed by atoms with Gasteiger partial charge in [-0.15, -0.1) is 0 Å². The highest BCUT2D eigenvalue weighted by Gasteiger charge is 2.36. The van der Waals surface area contributed by atoms with E-state index in [9.17, 15) is 4.79 Å². The first-order valence-electron chi connectivity index (χ1n) is 7.48. The van der Waals surface area contributed by atoms with Gasteiger partial charge in [0.1, 0.15) is 0 Å². The first kappa shape index (κ1) is 14.2. The molecule has 0 amide bonds. The van der Waals surface area contributed by atoms with Gasteiger partial charge in [0, 0.05) is 23.6 Å². The van der Waals surface area contributed by atoms with Crippen LogP contribution in [-0.4, -0.2) is 31.1 Å². The largest absolute Gasteiger partial charge is 0.378 e. The van der Waals surface area contributed by atoms with Crippen LogP contribution in [-0.2, 0) is 4.74 Å². The van der Waals surface area contributed by atoms with E-state index in [0.717, 1.165) is 29.5 Å². The molecule has 0 saturated carbocycles. The summed E-state index contributed by atoms with van der Waals surface area (Å²) in [4.78, 5) is 12.9. The topological polar surface area (TPSA) is 62.1 Å². The minimum atomic E-state index is 0.0653. The Hall–Kier alpha value is -1.70. The molecule has 2 saturated heterocycles. The van der Waals surface area contributed by atoms with E-state index in [1.54, 1.807) is 0 Å². The fourth-order valence-electron chi connectivity index (χ4n) is 3.67. The Labute approximate surface area is 125 Å². The van der Waals surface area contributed by atoms with Gasteiger partial charge in [-0.3, -0.25) is 4.79 Å². The second-order valence-electron chi connectivity index (χ2n) is 6.23. The van der Waals surface area contributed by atoms with Crippen molar-refractivity contribution < 1.29 is 9.53 Å². The third kappa shape index (κ3) is 2.72. The number of nitrogens with one attached hydrogen (secondary N) is 1. The molecule has 2 bridgehead atoms. The summed E-state index contributed by atoms with van der Waals surface area (Å²) in [5.41, 5.74) is 3.25. The zero-order chi connectivity index (χ0) is 15.0. The fourth-order valence-corrected chi connectivity index (χ4v) is 3.67. The molecule has 4 nitrogen and oxygen atoms in total. The molecule has 2 unspecified atom stereocenters. The third-order valence-electron chi connectivity index (χ3n) is 4.53. The van der Waals surface area contributed by atoms with E-state index in [0.29, 0.717) is 30.9 Å². The summed E-state index contributed by atoms with van der Waals surface area (Å²) >= 11 is 0. The number of carbonyl (C=O) groups is 1. The lowest BCUT2D eigenvalue weighted by Crippen LogP contribution is -2.55. The number of ketones is 1. The summed E-state index contributed by atoms with van der Waals surface area (Å²) in [6, 6.07) is 6.36. The third-order valence-corrected chi connectivity index (χ3v) is 4.53. The maximum atomic E-state index is 12.9. The number of aryl methyl sites for hydroxylation is 2. The number of benzene rings is 1. The molecule has 2 aliphatic heterocycles. The van der Waals surface area contributed by atoms with Crippen LogP contribution in [0.15, 0.2) is 12.1 Å². The molecule has 4 heteroatoms. The van der Waals surface area contributed by atoms with E-state index in [-0.39, 0.29) is 11.7 Å². The Morgan fingerprint density at radius 2 is 1.81 bits per heavy atom. The van der Waals surface area contributed by atoms with E-state index >= 15 is 0 Å². The summed E-state index contributed by atoms with van der Waals surface area (Å²) < 4.78 is 5.54. The Balaban J connectivity index is 1.87. The van der Waals surface area contributed by atoms with Crippen LogP contribution in [0.1, 0.15) is 39.9 Å². The van der Waals surface area contributed by atoms with Gasteiger partial charge in [-0.1, -0.05) is 0 Å². The lowest BCUT2D eigenvalue weighted by molar-refractivity contribution is 0.00950. The van der Waals surface area contributed by atoms with Crippen molar-refractivity contribution in [2.24, 2.45) is 5.92 Å². The number of piperidine rings is 1. The molecule has 2 fully saturated rings. The van der Waals surface area contributed by atoms with E-state index < -0.39 is 0 Å². The molecule has 3 rings (SSSR count). The van der Waals surface area contributed by atoms with Crippen molar-refractivity contribution in [3.8, 4) is 6.07 Å².